The molecule has 0 unspecified atom stereocenters. The Morgan fingerprint density at radius 1 is 1.32 bits per heavy atom. The fraction of sp³-hybridized carbons (Fsp3) is 0.625. The first-order chi connectivity index (χ1) is 10.7. The van der Waals surface area contributed by atoms with Gasteiger partial charge in [0.05, 0.1) is 12.2 Å². The number of hydrogen-bond acceptors (Lipinski definition) is 6. The van der Waals surface area contributed by atoms with Crippen molar-refractivity contribution in [3.63, 3.8) is 0 Å². The maximum absolute atomic E-state index is 5.34. The lowest BCUT2D eigenvalue weighted by atomic mass is 10.1. The smallest absolute Gasteiger partial charge is 0.229 e. The zero-order valence-electron chi connectivity index (χ0n) is 13.1. The maximum Gasteiger partial charge on any atom is 0.229 e. The summed E-state index contributed by atoms with van der Waals surface area (Å²) in [5.74, 6) is 3.42. The fourth-order valence-corrected chi connectivity index (χ4v) is 2.81. The molecule has 0 N–H and O–H groups in total. The lowest BCUT2D eigenvalue weighted by molar-refractivity contribution is 0.230. The summed E-state index contributed by atoms with van der Waals surface area (Å²) >= 11 is 0. The molecular formula is C16H21N5O. The van der Waals surface area contributed by atoms with E-state index in [1.165, 1.54) is 18.4 Å². The van der Waals surface area contributed by atoms with Gasteiger partial charge in [-0.05, 0) is 24.8 Å². The van der Waals surface area contributed by atoms with E-state index in [0.29, 0.717) is 11.8 Å². The summed E-state index contributed by atoms with van der Waals surface area (Å²) in [6.07, 6.45) is 5.36. The van der Waals surface area contributed by atoms with Gasteiger partial charge in [-0.2, -0.15) is 4.98 Å². The van der Waals surface area contributed by atoms with Crippen LogP contribution in [0.3, 0.4) is 0 Å². The first-order valence-electron chi connectivity index (χ1n) is 8.08. The largest absolute Gasteiger partial charge is 0.339 e. The molecule has 0 amide bonds. The van der Waals surface area contributed by atoms with E-state index in [1.807, 2.05) is 6.20 Å². The van der Waals surface area contributed by atoms with Gasteiger partial charge >= 0.3 is 0 Å². The summed E-state index contributed by atoms with van der Waals surface area (Å²) in [5.41, 5.74) is 2.42. The van der Waals surface area contributed by atoms with Crippen LogP contribution in [0.5, 0.6) is 0 Å². The number of aromatic nitrogens is 4. The van der Waals surface area contributed by atoms with Gasteiger partial charge in [0.15, 0.2) is 5.82 Å². The third-order valence-corrected chi connectivity index (χ3v) is 4.34. The minimum absolute atomic E-state index is 0.360. The van der Waals surface area contributed by atoms with Gasteiger partial charge in [0, 0.05) is 31.1 Å². The van der Waals surface area contributed by atoms with Crippen molar-refractivity contribution in [3.05, 3.63) is 35.0 Å². The minimum atomic E-state index is 0.360. The molecule has 2 aromatic heterocycles. The highest BCUT2D eigenvalue weighted by Crippen LogP contribution is 2.38. The molecule has 1 aliphatic carbocycles. The van der Waals surface area contributed by atoms with Crippen LogP contribution in [0.1, 0.15) is 67.3 Å². The Bertz CT molecular complexity index is 677. The highest BCUT2D eigenvalue weighted by molar-refractivity contribution is 5.21. The lowest BCUT2D eigenvalue weighted by Gasteiger charge is -2.27. The molecule has 3 heterocycles. The summed E-state index contributed by atoms with van der Waals surface area (Å²) in [5, 5.41) is 4.11. The van der Waals surface area contributed by atoms with Gasteiger partial charge < -0.3 is 4.52 Å². The summed E-state index contributed by atoms with van der Waals surface area (Å²) in [6.45, 7) is 6.81. The zero-order chi connectivity index (χ0) is 15.1. The molecule has 6 nitrogen and oxygen atoms in total. The van der Waals surface area contributed by atoms with Gasteiger partial charge in [-0.25, -0.2) is 9.97 Å². The van der Waals surface area contributed by atoms with E-state index in [4.69, 9.17) is 9.51 Å². The predicted octanol–water partition coefficient (Wildman–Crippen LogP) is 2.42. The second kappa shape index (κ2) is 5.43. The summed E-state index contributed by atoms with van der Waals surface area (Å²) < 4.78 is 5.34. The van der Waals surface area contributed by atoms with Gasteiger partial charge in [-0.1, -0.05) is 19.0 Å². The Morgan fingerprint density at radius 3 is 2.95 bits per heavy atom. The van der Waals surface area contributed by atoms with E-state index in [2.05, 4.69) is 33.9 Å². The molecule has 0 aromatic carbocycles. The number of fused-ring (bicyclic) bond motifs is 1. The second-order valence-corrected chi connectivity index (χ2v) is 6.64. The van der Waals surface area contributed by atoms with Gasteiger partial charge in [0.1, 0.15) is 5.82 Å². The molecule has 0 atom stereocenters. The molecule has 1 aliphatic heterocycles. The third-order valence-electron chi connectivity index (χ3n) is 4.34. The van der Waals surface area contributed by atoms with Crippen LogP contribution in [-0.2, 0) is 19.5 Å². The monoisotopic (exact) mass is 299 g/mol. The van der Waals surface area contributed by atoms with Crippen molar-refractivity contribution in [2.45, 2.75) is 58.0 Å². The van der Waals surface area contributed by atoms with Crippen molar-refractivity contribution in [2.75, 3.05) is 6.54 Å². The van der Waals surface area contributed by atoms with Crippen LogP contribution >= 0.6 is 0 Å². The van der Waals surface area contributed by atoms with Gasteiger partial charge in [-0.3, -0.25) is 4.90 Å². The molecule has 1 saturated carbocycles. The molecule has 4 rings (SSSR count). The van der Waals surface area contributed by atoms with Crippen LogP contribution in [0.25, 0.3) is 0 Å². The van der Waals surface area contributed by atoms with Crippen LogP contribution < -0.4 is 0 Å². The average Bonchev–Trinajstić information content (AvgIpc) is 3.27. The molecule has 116 valence electrons. The SMILES string of the molecule is CC(C)c1ncc2c(n1)CN(Cc1noc(C3CC3)n1)CC2. The molecule has 0 radical (unpaired) electrons. The van der Waals surface area contributed by atoms with E-state index in [9.17, 15) is 0 Å². The van der Waals surface area contributed by atoms with E-state index < -0.39 is 0 Å². The first kappa shape index (κ1) is 13.8. The quantitative estimate of drug-likeness (QED) is 0.863. The van der Waals surface area contributed by atoms with E-state index >= 15 is 0 Å². The van der Waals surface area contributed by atoms with Crippen LogP contribution in [0.4, 0.5) is 0 Å². The van der Waals surface area contributed by atoms with Gasteiger partial charge in [0.25, 0.3) is 0 Å². The molecule has 0 spiro atoms. The topological polar surface area (TPSA) is 67.9 Å². The normalized spacial score (nSPS) is 18.7. The Morgan fingerprint density at radius 2 is 2.18 bits per heavy atom. The van der Waals surface area contributed by atoms with Gasteiger partial charge in [-0.15, -0.1) is 0 Å². The van der Waals surface area contributed by atoms with Crippen molar-refractivity contribution in [1.29, 1.82) is 0 Å². The van der Waals surface area contributed by atoms with E-state index in [0.717, 1.165) is 49.3 Å². The Balaban J connectivity index is 1.47. The molecule has 6 heteroatoms. The zero-order valence-corrected chi connectivity index (χ0v) is 13.1. The summed E-state index contributed by atoms with van der Waals surface area (Å²) in [6, 6.07) is 0. The predicted molar refractivity (Wildman–Crippen MR) is 80.2 cm³/mol. The van der Waals surface area contributed by atoms with Crippen molar-refractivity contribution in [2.24, 2.45) is 0 Å². The van der Waals surface area contributed by atoms with E-state index in [-0.39, 0.29) is 0 Å². The molecule has 0 bridgehead atoms. The first-order valence-corrected chi connectivity index (χ1v) is 8.08. The van der Waals surface area contributed by atoms with Crippen molar-refractivity contribution in [3.8, 4) is 0 Å². The number of rotatable bonds is 4. The van der Waals surface area contributed by atoms with Crippen LogP contribution in [-0.4, -0.2) is 31.6 Å². The lowest BCUT2D eigenvalue weighted by Crippen LogP contribution is -2.31. The molecule has 1 fully saturated rings. The minimum Gasteiger partial charge on any atom is -0.339 e. The number of hydrogen-bond donors (Lipinski definition) is 0. The molecule has 0 saturated heterocycles. The molecule has 2 aliphatic rings. The summed E-state index contributed by atoms with van der Waals surface area (Å²) in [7, 11) is 0. The third kappa shape index (κ3) is 2.75. The molecular weight excluding hydrogens is 278 g/mol. The second-order valence-electron chi connectivity index (χ2n) is 6.64. The Kier molecular flexibility index (Phi) is 3.41. The standard InChI is InChI=1S/C16H21N5O/c1-10(2)15-17-7-12-5-6-21(8-13(12)18-15)9-14-19-16(22-20-14)11-3-4-11/h7,10-11H,3-6,8-9H2,1-2H3. The van der Waals surface area contributed by atoms with Crippen molar-refractivity contribution < 1.29 is 4.52 Å². The highest BCUT2D eigenvalue weighted by Gasteiger charge is 2.30. The molecule has 22 heavy (non-hydrogen) atoms. The van der Waals surface area contributed by atoms with Crippen molar-refractivity contribution >= 4 is 0 Å². The van der Waals surface area contributed by atoms with E-state index in [1.54, 1.807) is 0 Å². The highest BCUT2D eigenvalue weighted by atomic mass is 16.5. The Hall–Kier alpha value is -1.82. The van der Waals surface area contributed by atoms with Crippen molar-refractivity contribution in [1.82, 2.24) is 25.0 Å². The average molecular weight is 299 g/mol. The van der Waals surface area contributed by atoms with Crippen LogP contribution in [0.15, 0.2) is 10.7 Å². The number of nitrogens with zero attached hydrogens (tertiary/aromatic N) is 5. The van der Waals surface area contributed by atoms with Gasteiger partial charge in [0.2, 0.25) is 5.89 Å². The van der Waals surface area contributed by atoms with Crippen LogP contribution in [0, 0.1) is 0 Å². The molecule has 2 aromatic rings. The summed E-state index contributed by atoms with van der Waals surface area (Å²) in [4.78, 5) is 16.0. The Labute approximate surface area is 130 Å². The fourth-order valence-electron chi connectivity index (χ4n) is 2.81. The maximum atomic E-state index is 5.34. The van der Waals surface area contributed by atoms with Crippen LogP contribution in [0.2, 0.25) is 0 Å².